The minimum absolute atomic E-state index is 0.245. The van der Waals surface area contributed by atoms with Gasteiger partial charge in [0.25, 0.3) is 5.91 Å². The van der Waals surface area contributed by atoms with E-state index < -0.39 is 10.0 Å². The van der Waals surface area contributed by atoms with Crippen LogP contribution >= 0.6 is 11.3 Å². The van der Waals surface area contributed by atoms with Crippen molar-refractivity contribution in [2.45, 2.75) is 4.90 Å². The van der Waals surface area contributed by atoms with Crippen LogP contribution in [0.4, 0.5) is 5.13 Å². The fourth-order valence-electron chi connectivity index (χ4n) is 3.06. The van der Waals surface area contributed by atoms with Crippen LogP contribution in [0.2, 0.25) is 0 Å². The molecular formula is C19H20N4O3S2. The fourth-order valence-corrected chi connectivity index (χ4v) is 5.48. The lowest BCUT2D eigenvalue weighted by Gasteiger charge is -2.31. The summed E-state index contributed by atoms with van der Waals surface area (Å²) in [7, 11) is -1.55. The van der Waals surface area contributed by atoms with Crippen LogP contribution in [0.15, 0.2) is 53.4 Å². The molecule has 1 aliphatic rings. The topological polar surface area (TPSA) is 82.6 Å². The number of rotatable bonds is 4. The van der Waals surface area contributed by atoms with Crippen molar-refractivity contribution in [2.24, 2.45) is 0 Å². The molecule has 0 spiro atoms. The van der Waals surface area contributed by atoms with Gasteiger partial charge in [-0.25, -0.2) is 13.4 Å². The highest BCUT2D eigenvalue weighted by atomic mass is 32.2. The molecule has 0 radical (unpaired) electrons. The van der Waals surface area contributed by atoms with Crippen molar-refractivity contribution in [1.82, 2.24) is 14.2 Å². The molecule has 0 unspecified atom stereocenters. The summed E-state index contributed by atoms with van der Waals surface area (Å²) in [6, 6.07) is 13.8. The van der Waals surface area contributed by atoms with Crippen molar-refractivity contribution >= 4 is 42.6 Å². The number of piperazine rings is 1. The molecular weight excluding hydrogens is 396 g/mol. The van der Waals surface area contributed by atoms with Crippen molar-refractivity contribution in [3.05, 3.63) is 54.1 Å². The second kappa shape index (κ2) is 7.59. The van der Waals surface area contributed by atoms with Crippen LogP contribution in [-0.4, -0.2) is 61.7 Å². The van der Waals surface area contributed by atoms with Gasteiger partial charge in [-0.1, -0.05) is 29.5 Å². The molecule has 1 aromatic heterocycles. The first-order chi connectivity index (χ1) is 13.4. The van der Waals surface area contributed by atoms with Crippen LogP contribution in [-0.2, 0) is 10.0 Å². The molecule has 3 aromatic rings. The summed E-state index contributed by atoms with van der Waals surface area (Å²) in [5.41, 5.74) is 1.20. The van der Waals surface area contributed by atoms with E-state index in [0.29, 0.717) is 29.3 Å². The van der Waals surface area contributed by atoms with Crippen LogP contribution in [0.5, 0.6) is 0 Å². The van der Waals surface area contributed by atoms with Crippen molar-refractivity contribution in [2.75, 3.05) is 38.5 Å². The molecule has 0 bridgehead atoms. The molecule has 0 aliphatic carbocycles. The maximum atomic E-state index is 12.9. The monoisotopic (exact) mass is 416 g/mol. The summed E-state index contributed by atoms with van der Waals surface area (Å²) >= 11 is 1.26. The average molecular weight is 417 g/mol. The minimum Gasteiger partial charge on any atom is -0.304 e. The third-order valence-electron chi connectivity index (χ3n) is 4.72. The quantitative estimate of drug-likeness (QED) is 0.707. The Kier molecular flexibility index (Phi) is 5.15. The largest absolute Gasteiger partial charge is 0.304 e. The second-order valence-electron chi connectivity index (χ2n) is 6.68. The first kappa shape index (κ1) is 19.0. The van der Waals surface area contributed by atoms with Gasteiger partial charge in [0.15, 0.2) is 5.13 Å². The number of likely N-dealkylation sites (N-methyl/N-ethyl adjacent to an activating group) is 1. The fraction of sp³-hybridized carbons (Fsp3) is 0.263. The van der Waals surface area contributed by atoms with Crippen LogP contribution in [0, 0.1) is 0 Å². The number of thiazole rings is 1. The molecule has 0 saturated carbocycles. The number of carbonyl (C=O) groups is 1. The summed E-state index contributed by atoms with van der Waals surface area (Å²) in [5, 5.41) is 3.22. The molecule has 1 saturated heterocycles. The maximum Gasteiger partial charge on any atom is 0.257 e. The van der Waals surface area contributed by atoms with Crippen LogP contribution < -0.4 is 5.32 Å². The molecule has 146 valence electrons. The Morgan fingerprint density at radius 2 is 1.79 bits per heavy atom. The molecule has 2 aromatic carbocycles. The molecule has 1 aliphatic heterocycles. The number of carbonyl (C=O) groups excluding carboxylic acids is 1. The number of hydrogen-bond donors (Lipinski definition) is 1. The van der Waals surface area contributed by atoms with Gasteiger partial charge in [0.1, 0.15) is 0 Å². The third kappa shape index (κ3) is 3.79. The normalized spacial score (nSPS) is 16.3. The molecule has 1 N–H and O–H groups in total. The van der Waals surface area contributed by atoms with Crippen molar-refractivity contribution in [3.8, 4) is 0 Å². The molecule has 7 nitrogen and oxygen atoms in total. The van der Waals surface area contributed by atoms with Crippen LogP contribution in [0.25, 0.3) is 10.2 Å². The van der Waals surface area contributed by atoms with Crippen molar-refractivity contribution < 1.29 is 13.2 Å². The van der Waals surface area contributed by atoms with Gasteiger partial charge in [0.05, 0.1) is 15.1 Å². The van der Waals surface area contributed by atoms with Crippen LogP contribution in [0.1, 0.15) is 10.4 Å². The van der Waals surface area contributed by atoms with E-state index >= 15 is 0 Å². The summed E-state index contributed by atoms with van der Waals surface area (Å²) < 4.78 is 28.1. The predicted octanol–water partition coefficient (Wildman–Crippen LogP) is 2.48. The number of aromatic nitrogens is 1. The molecule has 1 amide bonds. The lowest BCUT2D eigenvalue weighted by molar-refractivity contribution is 0.102. The highest BCUT2D eigenvalue weighted by Crippen LogP contribution is 2.29. The number of benzene rings is 2. The summed E-state index contributed by atoms with van der Waals surface area (Å²) in [5.74, 6) is -0.245. The summed E-state index contributed by atoms with van der Waals surface area (Å²) in [6.07, 6.45) is 0. The number of nitrogens with zero attached hydrogens (tertiary/aromatic N) is 3. The number of nitrogens with one attached hydrogen (secondary N) is 1. The Morgan fingerprint density at radius 3 is 2.50 bits per heavy atom. The molecule has 4 rings (SSSR count). The van der Waals surface area contributed by atoms with E-state index in [1.807, 2.05) is 13.1 Å². The number of sulfonamides is 1. The molecule has 28 heavy (non-hydrogen) atoms. The van der Waals surface area contributed by atoms with Crippen molar-refractivity contribution in [1.29, 1.82) is 0 Å². The number of anilines is 1. The van der Waals surface area contributed by atoms with E-state index in [0.717, 1.165) is 17.8 Å². The highest BCUT2D eigenvalue weighted by molar-refractivity contribution is 7.89. The predicted molar refractivity (Wildman–Crippen MR) is 110 cm³/mol. The lowest BCUT2D eigenvalue weighted by Crippen LogP contribution is -2.46. The second-order valence-corrected chi connectivity index (χ2v) is 9.64. The Labute approximate surface area is 167 Å². The van der Waals surface area contributed by atoms with Crippen molar-refractivity contribution in [3.63, 3.8) is 0 Å². The number of amides is 1. The molecule has 2 heterocycles. The first-order valence-electron chi connectivity index (χ1n) is 8.89. The Bertz CT molecular complexity index is 1100. The van der Waals surface area contributed by atoms with E-state index in [-0.39, 0.29) is 10.8 Å². The number of fused-ring (bicyclic) bond motifs is 1. The van der Waals surface area contributed by atoms with Gasteiger partial charge < -0.3 is 4.90 Å². The Morgan fingerprint density at radius 1 is 1.07 bits per heavy atom. The smallest absolute Gasteiger partial charge is 0.257 e. The molecule has 1 fully saturated rings. The van der Waals surface area contributed by atoms with Gasteiger partial charge >= 0.3 is 0 Å². The SMILES string of the molecule is CN1CCN(S(=O)(=O)c2ccc3nc(NC(=O)c4ccccc4)sc3c2)CC1. The Hall–Kier alpha value is -2.33. The van der Waals surface area contributed by atoms with E-state index in [9.17, 15) is 13.2 Å². The zero-order valence-corrected chi connectivity index (χ0v) is 17.0. The first-order valence-corrected chi connectivity index (χ1v) is 11.1. The summed E-state index contributed by atoms with van der Waals surface area (Å²) in [4.78, 5) is 19.1. The maximum absolute atomic E-state index is 12.9. The highest BCUT2D eigenvalue weighted by Gasteiger charge is 2.27. The minimum atomic E-state index is -3.54. The summed E-state index contributed by atoms with van der Waals surface area (Å²) in [6.45, 7) is 2.41. The van der Waals surface area contributed by atoms with Gasteiger partial charge in [-0.15, -0.1) is 0 Å². The Balaban J connectivity index is 1.57. The zero-order chi connectivity index (χ0) is 19.7. The lowest BCUT2D eigenvalue weighted by atomic mass is 10.2. The third-order valence-corrected chi connectivity index (χ3v) is 7.54. The van der Waals surface area contributed by atoms with Gasteiger partial charge in [-0.05, 0) is 37.4 Å². The van der Waals surface area contributed by atoms with E-state index in [1.165, 1.54) is 15.6 Å². The van der Waals surface area contributed by atoms with Crippen LogP contribution in [0.3, 0.4) is 0 Å². The van der Waals surface area contributed by atoms with Gasteiger partial charge in [0.2, 0.25) is 10.0 Å². The number of hydrogen-bond acceptors (Lipinski definition) is 6. The average Bonchev–Trinajstić information content (AvgIpc) is 3.10. The van der Waals surface area contributed by atoms with E-state index in [2.05, 4.69) is 15.2 Å². The molecule has 0 atom stereocenters. The van der Waals surface area contributed by atoms with E-state index in [4.69, 9.17) is 0 Å². The van der Waals surface area contributed by atoms with Gasteiger partial charge in [-0.3, -0.25) is 10.1 Å². The standard InChI is InChI=1S/C19H20N4O3S2/c1-22-9-11-23(12-10-22)28(25,26)15-7-8-16-17(13-15)27-19(20-16)21-18(24)14-5-3-2-4-6-14/h2-8,13H,9-12H2,1H3,(H,20,21,24). The van der Waals surface area contributed by atoms with Gasteiger partial charge in [-0.2, -0.15) is 4.31 Å². The zero-order valence-electron chi connectivity index (χ0n) is 15.3. The van der Waals surface area contributed by atoms with Gasteiger partial charge in [0, 0.05) is 31.7 Å². The van der Waals surface area contributed by atoms with E-state index in [1.54, 1.807) is 42.5 Å². The molecule has 9 heteroatoms.